The van der Waals surface area contributed by atoms with Gasteiger partial charge in [-0.2, -0.15) is 0 Å². The number of rotatable bonds is 54. The smallest absolute Gasteiger partial charge is 0.220 e. The number of aliphatic hydroxyl groups excluding tert-OH is 2. The van der Waals surface area contributed by atoms with Gasteiger partial charge in [0, 0.05) is 6.42 Å². The van der Waals surface area contributed by atoms with Crippen LogP contribution < -0.4 is 5.32 Å². The molecule has 0 aliphatic carbocycles. The van der Waals surface area contributed by atoms with E-state index in [4.69, 9.17) is 0 Å². The van der Waals surface area contributed by atoms with Gasteiger partial charge in [-0.25, -0.2) is 0 Å². The molecule has 2 unspecified atom stereocenters. The van der Waals surface area contributed by atoms with Crippen LogP contribution in [0.25, 0.3) is 0 Å². The second-order valence-corrected chi connectivity index (χ2v) is 20.1. The molecule has 3 N–H and O–H groups in total. The standard InChI is InChI=1S/C62H115NO3/c1-3-5-7-9-11-13-15-17-19-21-23-25-27-29-30-31-32-34-36-38-40-42-44-46-48-50-52-54-56-58-62(66)63-60(59-64)61(65)57-55-53-51-49-47-45-43-41-39-37-35-33-28-26-24-22-20-18-16-14-12-10-8-6-4-2/h15,17,21,23,27,29,47,49,55,57,60-61,64-65H,3-14,16,18-20,22,24-26,28,30-46,48,50-54,56,58-59H2,1-2H3,(H,63,66)/b17-15-,23-21-,29-27-,49-47+,57-55+. The van der Waals surface area contributed by atoms with Crippen LogP contribution in [0.1, 0.15) is 309 Å². The Balaban J connectivity index is 3.53. The van der Waals surface area contributed by atoms with Crippen molar-refractivity contribution in [3.05, 3.63) is 60.8 Å². The molecule has 1 amide bonds. The first-order valence-corrected chi connectivity index (χ1v) is 29.5. The van der Waals surface area contributed by atoms with Crippen LogP contribution in [0.4, 0.5) is 0 Å². The second-order valence-electron chi connectivity index (χ2n) is 20.1. The molecule has 0 radical (unpaired) electrons. The molecule has 0 aromatic carbocycles. The number of carbonyl (C=O) groups is 1. The maximum absolute atomic E-state index is 12.5. The highest BCUT2D eigenvalue weighted by Gasteiger charge is 2.18. The van der Waals surface area contributed by atoms with E-state index >= 15 is 0 Å². The lowest BCUT2D eigenvalue weighted by molar-refractivity contribution is -0.123. The van der Waals surface area contributed by atoms with Crippen molar-refractivity contribution in [1.29, 1.82) is 0 Å². The van der Waals surface area contributed by atoms with Crippen molar-refractivity contribution in [2.75, 3.05) is 6.61 Å². The van der Waals surface area contributed by atoms with Crippen molar-refractivity contribution in [2.24, 2.45) is 0 Å². The number of amides is 1. The average Bonchev–Trinajstić information content (AvgIpc) is 3.32. The van der Waals surface area contributed by atoms with E-state index in [-0.39, 0.29) is 12.5 Å². The number of nitrogens with one attached hydrogen (secondary N) is 1. The number of unbranched alkanes of at least 4 members (excludes halogenated alkanes) is 39. The number of carbonyl (C=O) groups excluding carboxylic acids is 1. The first-order chi connectivity index (χ1) is 32.7. The highest BCUT2D eigenvalue weighted by atomic mass is 16.3. The van der Waals surface area contributed by atoms with Crippen molar-refractivity contribution < 1.29 is 15.0 Å². The van der Waals surface area contributed by atoms with E-state index in [1.807, 2.05) is 6.08 Å². The Hall–Kier alpha value is -1.91. The first-order valence-electron chi connectivity index (χ1n) is 29.5. The second kappa shape index (κ2) is 57.4. The Bertz CT molecular complexity index is 1090. The van der Waals surface area contributed by atoms with Crippen molar-refractivity contribution in [3.63, 3.8) is 0 Å². The van der Waals surface area contributed by atoms with Crippen LogP contribution in [0.3, 0.4) is 0 Å². The molecule has 386 valence electrons. The van der Waals surface area contributed by atoms with Crippen LogP contribution in [0.5, 0.6) is 0 Å². The van der Waals surface area contributed by atoms with Crippen molar-refractivity contribution >= 4 is 5.91 Å². The molecule has 0 heterocycles. The van der Waals surface area contributed by atoms with Crippen LogP contribution in [0.2, 0.25) is 0 Å². The monoisotopic (exact) mass is 922 g/mol. The minimum Gasteiger partial charge on any atom is -0.394 e. The maximum atomic E-state index is 12.5. The van der Waals surface area contributed by atoms with Gasteiger partial charge < -0.3 is 15.5 Å². The summed E-state index contributed by atoms with van der Waals surface area (Å²) in [6.07, 6.45) is 81.1. The zero-order valence-electron chi connectivity index (χ0n) is 44.5. The van der Waals surface area contributed by atoms with E-state index in [0.29, 0.717) is 6.42 Å². The molecule has 0 saturated heterocycles. The van der Waals surface area contributed by atoms with Crippen molar-refractivity contribution in [3.8, 4) is 0 Å². The molecule has 66 heavy (non-hydrogen) atoms. The number of hydrogen-bond donors (Lipinski definition) is 3. The van der Waals surface area contributed by atoms with Gasteiger partial charge in [-0.15, -0.1) is 0 Å². The van der Waals surface area contributed by atoms with E-state index < -0.39 is 12.1 Å². The summed E-state index contributed by atoms with van der Waals surface area (Å²) in [7, 11) is 0. The van der Waals surface area contributed by atoms with Crippen molar-refractivity contribution in [1.82, 2.24) is 5.32 Å². The van der Waals surface area contributed by atoms with Gasteiger partial charge in [0.05, 0.1) is 18.8 Å². The Morgan fingerprint density at radius 2 is 0.636 bits per heavy atom. The van der Waals surface area contributed by atoms with E-state index in [1.165, 1.54) is 244 Å². The van der Waals surface area contributed by atoms with Crippen LogP contribution in [0.15, 0.2) is 60.8 Å². The first kappa shape index (κ1) is 64.1. The zero-order chi connectivity index (χ0) is 47.7. The molecule has 0 fully saturated rings. The third-order valence-corrected chi connectivity index (χ3v) is 13.5. The molecule has 0 aromatic rings. The lowest BCUT2D eigenvalue weighted by Crippen LogP contribution is -2.45. The summed E-state index contributed by atoms with van der Waals surface area (Å²) in [5.41, 5.74) is 0. The van der Waals surface area contributed by atoms with Crippen LogP contribution in [0, 0.1) is 0 Å². The Kier molecular flexibility index (Phi) is 55.7. The third kappa shape index (κ3) is 53.1. The summed E-state index contributed by atoms with van der Waals surface area (Å²) in [5, 5.41) is 23.2. The molecule has 0 aliphatic heterocycles. The Morgan fingerprint density at radius 1 is 0.364 bits per heavy atom. The summed E-state index contributed by atoms with van der Waals surface area (Å²) in [6, 6.07) is -0.642. The van der Waals surface area contributed by atoms with Crippen molar-refractivity contribution in [2.45, 2.75) is 321 Å². The predicted octanol–water partition coefficient (Wildman–Crippen LogP) is 19.6. The predicted molar refractivity (Wildman–Crippen MR) is 294 cm³/mol. The van der Waals surface area contributed by atoms with E-state index in [9.17, 15) is 15.0 Å². The minimum absolute atomic E-state index is 0.0723. The summed E-state index contributed by atoms with van der Waals surface area (Å²) < 4.78 is 0. The van der Waals surface area contributed by atoms with E-state index in [1.54, 1.807) is 6.08 Å². The maximum Gasteiger partial charge on any atom is 0.220 e. The molecule has 2 atom stereocenters. The highest BCUT2D eigenvalue weighted by Crippen LogP contribution is 2.17. The normalized spacial score (nSPS) is 13.2. The molecule has 4 nitrogen and oxygen atoms in total. The highest BCUT2D eigenvalue weighted by molar-refractivity contribution is 5.76. The van der Waals surface area contributed by atoms with Gasteiger partial charge in [0.1, 0.15) is 0 Å². The van der Waals surface area contributed by atoms with Gasteiger partial charge in [0.25, 0.3) is 0 Å². The molecular formula is C62H115NO3. The van der Waals surface area contributed by atoms with Gasteiger partial charge in [-0.05, 0) is 70.6 Å². The Morgan fingerprint density at radius 3 is 0.985 bits per heavy atom. The SMILES string of the molecule is CCCCCCC/C=C\C/C=C\C/C=C\CCCCCCCCCCCCCCCCC(=O)NC(CO)C(O)/C=C/CC/C=C/CCCCCCCCCCCCCCCCCCCCC. The number of allylic oxidation sites excluding steroid dienone is 9. The minimum atomic E-state index is -0.865. The molecule has 4 heteroatoms. The molecular weight excluding hydrogens is 807 g/mol. The van der Waals surface area contributed by atoms with Gasteiger partial charge in [0.2, 0.25) is 5.91 Å². The quantitative estimate of drug-likeness (QED) is 0.0420. The zero-order valence-corrected chi connectivity index (χ0v) is 44.5. The topological polar surface area (TPSA) is 69.6 Å². The fourth-order valence-corrected chi connectivity index (χ4v) is 8.97. The molecule has 0 spiro atoms. The average molecular weight is 923 g/mol. The van der Waals surface area contributed by atoms with Crippen LogP contribution in [-0.2, 0) is 4.79 Å². The molecule has 0 aromatic heterocycles. The Labute approximate surface area is 413 Å². The van der Waals surface area contributed by atoms with Gasteiger partial charge in [0.15, 0.2) is 0 Å². The van der Waals surface area contributed by atoms with E-state index in [0.717, 1.165) is 44.9 Å². The van der Waals surface area contributed by atoms with Gasteiger partial charge in [-0.1, -0.05) is 293 Å². The van der Waals surface area contributed by atoms with E-state index in [2.05, 4.69) is 67.8 Å². The molecule has 0 bridgehead atoms. The van der Waals surface area contributed by atoms with Gasteiger partial charge >= 0.3 is 0 Å². The fourth-order valence-electron chi connectivity index (χ4n) is 8.97. The summed E-state index contributed by atoms with van der Waals surface area (Å²) in [5.74, 6) is -0.0723. The molecule has 0 aliphatic rings. The van der Waals surface area contributed by atoms with Crippen LogP contribution >= 0.6 is 0 Å². The molecule has 0 saturated carbocycles. The third-order valence-electron chi connectivity index (χ3n) is 13.5. The largest absolute Gasteiger partial charge is 0.394 e. The molecule has 0 rings (SSSR count). The number of hydrogen-bond acceptors (Lipinski definition) is 3. The lowest BCUT2D eigenvalue weighted by Gasteiger charge is -2.19. The summed E-state index contributed by atoms with van der Waals surface area (Å²) in [4.78, 5) is 12.5. The lowest BCUT2D eigenvalue weighted by atomic mass is 10.0. The summed E-state index contributed by atoms with van der Waals surface area (Å²) in [6.45, 7) is 4.31. The van der Waals surface area contributed by atoms with Crippen LogP contribution in [-0.4, -0.2) is 34.9 Å². The van der Waals surface area contributed by atoms with Gasteiger partial charge in [-0.3, -0.25) is 4.79 Å². The fraction of sp³-hybridized carbons (Fsp3) is 0.823. The summed E-state index contributed by atoms with van der Waals surface area (Å²) >= 11 is 0. The number of aliphatic hydroxyl groups is 2.